The van der Waals surface area contributed by atoms with Crippen LogP contribution in [0.4, 0.5) is 0 Å². The molecule has 1 amide bonds. The summed E-state index contributed by atoms with van der Waals surface area (Å²) in [5.74, 6) is -0.154. The largest absolute Gasteiger partial charge is 0.361 e. The minimum atomic E-state index is -0.154. The Morgan fingerprint density at radius 3 is 2.92 bits per heavy atom. The molecule has 0 bridgehead atoms. The quantitative estimate of drug-likeness (QED) is 0.578. The second-order valence-corrected chi connectivity index (χ2v) is 6.48. The molecule has 4 aromatic rings. The van der Waals surface area contributed by atoms with Gasteiger partial charge < -0.3 is 10.3 Å². The molecule has 0 saturated carbocycles. The number of para-hydroxylation sites is 1. The van der Waals surface area contributed by atoms with Crippen LogP contribution in [0.1, 0.15) is 16.1 Å². The Hall–Kier alpha value is -2.99. The number of aromatic nitrogens is 3. The first-order valence-corrected chi connectivity index (χ1v) is 8.89. The molecule has 0 aliphatic heterocycles. The lowest BCUT2D eigenvalue weighted by Crippen LogP contribution is -2.25. The predicted octanol–water partition coefficient (Wildman–Crippen LogP) is 3.66. The van der Waals surface area contributed by atoms with Crippen LogP contribution in [-0.2, 0) is 6.42 Å². The summed E-state index contributed by atoms with van der Waals surface area (Å²) in [7, 11) is 0. The summed E-state index contributed by atoms with van der Waals surface area (Å²) in [6, 6.07) is 13.8. The monoisotopic (exact) mass is 348 g/mol. The molecule has 0 saturated heterocycles. The number of amides is 1. The summed E-state index contributed by atoms with van der Waals surface area (Å²) in [4.78, 5) is 24.2. The minimum Gasteiger partial charge on any atom is -0.361 e. The molecule has 3 aromatic heterocycles. The number of aromatic amines is 1. The molecule has 5 nitrogen and oxygen atoms in total. The number of pyridine rings is 1. The van der Waals surface area contributed by atoms with Crippen LogP contribution in [-0.4, -0.2) is 27.4 Å². The lowest BCUT2D eigenvalue weighted by atomic mass is 10.1. The number of thiazole rings is 1. The van der Waals surface area contributed by atoms with E-state index in [9.17, 15) is 4.79 Å². The van der Waals surface area contributed by atoms with Crippen LogP contribution in [0.3, 0.4) is 0 Å². The fraction of sp³-hybridized carbons (Fsp3) is 0.105. The van der Waals surface area contributed by atoms with E-state index in [1.54, 1.807) is 11.6 Å². The molecule has 124 valence electrons. The molecule has 6 heteroatoms. The third kappa shape index (κ3) is 3.29. The molecule has 0 unspecified atom stereocenters. The molecule has 4 rings (SSSR count). The van der Waals surface area contributed by atoms with E-state index < -0.39 is 0 Å². The average Bonchev–Trinajstić information content (AvgIpc) is 3.30. The standard InChI is InChI=1S/C19H16N4OS/c24-18(17-12-25-19(23-17)16-7-3-4-9-20-16)21-10-8-13-11-22-15-6-2-1-5-14(13)15/h1-7,9,11-12,22H,8,10H2,(H,21,24). The number of H-pyrrole nitrogens is 1. The maximum atomic E-state index is 12.3. The van der Waals surface area contributed by atoms with Crippen LogP contribution in [0.5, 0.6) is 0 Å². The number of hydrogen-bond donors (Lipinski definition) is 2. The van der Waals surface area contributed by atoms with E-state index in [2.05, 4.69) is 26.3 Å². The Morgan fingerprint density at radius 2 is 2.04 bits per heavy atom. The zero-order valence-corrected chi connectivity index (χ0v) is 14.2. The Bertz CT molecular complexity index is 1010. The second-order valence-electron chi connectivity index (χ2n) is 5.62. The minimum absolute atomic E-state index is 0.154. The highest BCUT2D eigenvalue weighted by Gasteiger charge is 2.12. The van der Waals surface area contributed by atoms with Crippen molar-refractivity contribution in [2.75, 3.05) is 6.54 Å². The first kappa shape index (κ1) is 15.5. The van der Waals surface area contributed by atoms with Gasteiger partial charge >= 0.3 is 0 Å². The molecule has 3 heterocycles. The maximum Gasteiger partial charge on any atom is 0.270 e. The van der Waals surface area contributed by atoms with Crippen molar-refractivity contribution >= 4 is 28.1 Å². The van der Waals surface area contributed by atoms with Gasteiger partial charge in [0.05, 0.1) is 5.69 Å². The Balaban J connectivity index is 1.39. The van der Waals surface area contributed by atoms with Gasteiger partial charge in [0.1, 0.15) is 10.7 Å². The van der Waals surface area contributed by atoms with Gasteiger partial charge in [-0.15, -0.1) is 11.3 Å². The number of hydrogen-bond acceptors (Lipinski definition) is 4. The number of nitrogens with zero attached hydrogens (tertiary/aromatic N) is 2. The molecule has 0 fully saturated rings. The van der Waals surface area contributed by atoms with Crippen LogP contribution in [0.25, 0.3) is 21.6 Å². The first-order chi connectivity index (χ1) is 12.3. The van der Waals surface area contributed by atoms with E-state index in [0.29, 0.717) is 12.2 Å². The van der Waals surface area contributed by atoms with Crippen molar-refractivity contribution in [3.8, 4) is 10.7 Å². The van der Waals surface area contributed by atoms with Crippen molar-refractivity contribution in [1.82, 2.24) is 20.3 Å². The van der Waals surface area contributed by atoms with Crippen molar-refractivity contribution in [3.63, 3.8) is 0 Å². The van der Waals surface area contributed by atoms with Gasteiger partial charge in [-0.1, -0.05) is 24.3 Å². The molecule has 0 atom stereocenters. The highest BCUT2D eigenvalue weighted by molar-refractivity contribution is 7.13. The van der Waals surface area contributed by atoms with Crippen LogP contribution < -0.4 is 5.32 Å². The lowest BCUT2D eigenvalue weighted by Gasteiger charge is -2.02. The summed E-state index contributed by atoms with van der Waals surface area (Å²) in [5, 5.41) is 6.66. The topological polar surface area (TPSA) is 70.7 Å². The van der Waals surface area contributed by atoms with E-state index in [-0.39, 0.29) is 5.91 Å². The van der Waals surface area contributed by atoms with E-state index in [1.807, 2.05) is 42.6 Å². The van der Waals surface area contributed by atoms with Gasteiger partial charge in [0.25, 0.3) is 5.91 Å². The van der Waals surface area contributed by atoms with E-state index in [0.717, 1.165) is 22.6 Å². The van der Waals surface area contributed by atoms with Gasteiger partial charge in [-0.3, -0.25) is 9.78 Å². The summed E-state index contributed by atoms with van der Waals surface area (Å²) in [6.45, 7) is 0.567. The van der Waals surface area contributed by atoms with E-state index in [1.165, 1.54) is 22.3 Å². The van der Waals surface area contributed by atoms with Crippen LogP contribution in [0.2, 0.25) is 0 Å². The third-order valence-electron chi connectivity index (χ3n) is 3.98. The number of carbonyl (C=O) groups is 1. The van der Waals surface area contributed by atoms with Crippen molar-refractivity contribution in [2.45, 2.75) is 6.42 Å². The van der Waals surface area contributed by atoms with Crippen LogP contribution in [0.15, 0.2) is 60.2 Å². The molecule has 1 aromatic carbocycles. The van der Waals surface area contributed by atoms with Crippen molar-refractivity contribution in [3.05, 3.63) is 71.5 Å². The summed E-state index contributed by atoms with van der Waals surface area (Å²) >= 11 is 1.42. The SMILES string of the molecule is O=C(NCCc1c[nH]c2ccccc12)c1csc(-c2ccccn2)n1. The third-order valence-corrected chi connectivity index (χ3v) is 4.84. The van der Waals surface area contributed by atoms with E-state index in [4.69, 9.17) is 0 Å². The second kappa shape index (κ2) is 6.86. The zero-order valence-electron chi connectivity index (χ0n) is 13.4. The average molecular weight is 348 g/mol. The highest BCUT2D eigenvalue weighted by Crippen LogP contribution is 2.21. The molecule has 25 heavy (non-hydrogen) atoms. The van der Waals surface area contributed by atoms with Gasteiger partial charge in [-0.25, -0.2) is 4.98 Å². The molecule has 0 aliphatic rings. The summed E-state index contributed by atoms with van der Waals surface area (Å²) < 4.78 is 0. The molecule has 0 aliphatic carbocycles. The van der Waals surface area contributed by atoms with Gasteiger partial charge in [0, 0.05) is 35.2 Å². The van der Waals surface area contributed by atoms with Crippen molar-refractivity contribution < 1.29 is 4.79 Å². The fourth-order valence-corrected chi connectivity index (χ4v) is 3.50. The lowest BCUT2D eigenvalue weighted by molar-refractivity contribution is 0.0950. The zero-order chi connectivity index (χ0) is 17.1. The molecular weight excluding hydrogens is 332 g/mol. The van der Waals surface area contributed by atoms with Crippen LogP contribution in [0, 0.1) is 0 Å². The first-order valence-electron chi connectivity index (χ1n) is 8.01. The van der Waals surface area contributed by atoms with Gasteiger partial charge in [-0.05, 0) is 30.2 Å². The van der Waals surface area contributed by atoms with Gasteiger partial charge in [-0.2, -0.15) is 0 Å². The predicted molar refractivity (Wildman–Crippen MR) is 99.7 cm³/mol. The van der Waals surface area contributed by atoms with Crippen LogP contribution >= 0.6 is 11.3 Å². The van der Waals surface area contributed by atoms with Crippen molar-refractivity contribution in [2.24, 2.45) is 0 Å². The number of benzene rings is 1. The molecule has 0 spiro atoms. The Labute approximate surface area is 148 Å². The fourth-order valence-electron chi connectivity index (χ4n) is 2.72. The molecule has 0 radical (unpaired) electrons. The van der Waals surface area contributed by atoms with Crippen molar-refractivity contribution in [1.29, 1.82) is 0 Å². The maximum absolute atomic E-state index is 12.3. The smallest absolute Gasteiger partial charge is 0.270 e. The van der Waals surface area contributed by atoms with Gasteiger partial charge in [0.15, 0.2) is 0 Å². The summed E-state index contributed by atoms with van der Waals surface area (Å²) in [5.41, 5.74) is 3.53. The molecular formula is C19H16N4OS. The number of carbonyl (C=O) groups excluding carboxylic acids is 1. The number of fused-ring (bicyclic) bond motifs is 1. The normalized spacial score (nSPS) is 10.9. The number of nitrogens with one attached hydrogen (secondary N) is 2. The molecule has 2 N–H and O–H groups in total. The van der Waals surface area contributed by atoms with E-state index >= 15 is 0 Å². The Kier molecular flexibility index (Phi) is 4.26. The summed E-state index contributed by atoms with van der Waals surface area (Å²) in [6.07, 6.45) is 4.49. The van der Waals surface area contributed by atoms with Gasteiger partial charge in [0.2, 0.25) is 0 Å². The Morgan fingerprint density at radius 1 is 1.16 bits per heavy atom. The highest BCUT2D eigenvalue weighted by atomic mass is 32.1. The number of rotatable bonds is 5.